The Morgan fingerprint density at radius 3 is 2.64 bits per heavy atom. The number of anilines is 1. The van der Waals surface area contributed by atoms with E-state index < -0.39 is 10.0 Å². The molecule has 1 aliphatic rings. The fourth-order valence-corrected chi connectivity index (χ4v) is 4.92. The highest BCUT2D eigenvalue weighted by molar-refractivity contribution is 9.10. The van der Waals surface area contributed by atoms with Crippen molar-refractivity contribution in [2.75, 3.05) is 31.2 Å². The number of halogens is 1. The number of para-hydroxylation sites is 1. The number of sulfonamides is 1. The normalized spacial score (nSPS) is 16.3. The number of nitrogens with one attached hydrogen (secondary N) is 1. The number of nitrogens with zero attached hydrogens (tertiary/aromatic N) is 4. The number of hydrogen-bond donors (Lipinski definition) is 2. The van der Waals surface area contributed by atoms with E-state index in [1.54, 1.807) is 27.2 Å². The lowest BCUT2D eigenvalue weighted by molar-refractivity contribution is 0.276. The van der Waals surface area contributed by atoms with Crippen LogP contribution in [0.2, 0.25) is 0 Å². The summed E-state index contributed by atoms with van der Waals surface area (Å²) in [4.78, 5) is 4.63. The zero-order chi connectivity index (χ0) is 24.6. The first-order valence-electron chi connectivity index (χ1n) is 10.8. The third-order valence-corrected chi connectivity index (χ3v) is 6.96. The van der Waals surface area contributed by atoms with E-state index in [9.17, 15) is 13.5 Å². The highest BCUT2D eigenvalue weighted by Crippen LogP contribution is 2.31. The van der Waals surface area contributed by atoms with Gasteiger partial charge < -0.3 is 10.4 Å². The molecule has 0 bridgehead atoms. The molecule has 0 amide bonds. The maximum atomic E-state index is 11.9. The van der Waals surface area contributed by atoms with E-state index in [4.69, 9.17) is 0 Å². The zero-order valence-electron chi connectivity index (χ0n) is 19.3. The van der Waals surface area contributed by atoms with Crippen molar-refractivity contribution in [3.05, 3.63) is 54.2 Å². The van der Waals surface area contributed by atoms with Crippen molar-refractivity contribution in [3.8, 4) is 17.0 Å². The molecule has 2 N–H and O–H groups in total. The maximum absolute atomic E-state index is 11.9. The first-order chi connectivity index (χ1) is 15.8. The minimum Gasteiger partial charge on any atom is -0.507 e. The van der Waals surface area contributed by atoms with Gasteiger partial charge in [0.2, 0.25) is 10.0 Å². The minimum atomic E-state index is -3.18. The molecule has 2 aromatic heterocycles. The fraction of sp³-hybridized carbons (Fsp3) is 0.391. The third kappa shape index (κ3) is 6.55. The van der Waals surface area contributed by atoms with E-state index in [0.29, 0.717) is 36.5 Å². The van der Waals surface area contributed by atoms with Gasteiger partial charge in [-0.25, -0.2) is 17.7 Å². The predicted molar refractivity (Wildman–Crippen MR) is 138 cm³/mol. The van der Waals surface area contributed by atoms with Crippen LogP contribution in [-0.4, -0.2) is 58.3 Å². The molecule has 1 atom stereocenters. The number of fused-ring (bicyclic) bond motifs is 1. The van der Waals surface area contributed by atoms with Gasteiger partial charge in [0.05, 0.1) is 22.6 Å². The standard InChI is InChI=1S/C19H22BrN5O3S.C2H6.C2H4/c1-29(27,28)24-8-4-5-13(12-24)10-21-18-9-16(14-6-2-3-7-17(14)26)23-19-15(20)11-22-25(18)19;2*1-2/h2-3,6-7,9,11,13,21,26H,4-5,8,10,12H2,1H3;1-2H3;1-2H2. The molecule has 1 aromatic carbocycles. The number of aromatic hydroxyl groups is 1. The van der Waals surface area contributed by atoms with Crippen LogP contribution in [0.1, 0.15) is 26.7 Å². The van der Waals surface area contributed by atoms with Crippen LogP contribution in [0.5, 0.6) is 5.75 Å². The Balaban J connectivity index is 0.000000914. The summed E-state index contributed by atoms with van der Waals surface area (Å²) in [6.07, 6.45) is 4.74. The Hall–Kier alpha value is -2.43. The maximum Gasteiger partial charge on any atom is 0.211 e. The summed E-state index contributed by atoms with van der Waals surface area (Å²) < 4.78 is 27.7. The van der Waals surface area contributed by atoms with Gasteiger partial charge in [-0.2, -0.15) is 9.61 Å². The van der Waals surface area contributed by atoms with Gasteiger partial charge in [0, 0.05) is 31.3 Å². The Kier molecular flexibility index (Phi) is 9.87. The number of phenolic OH excluding ortho intramolecular Hbond substituents is 1. The summed E-state index contributed by atoms with van der Waals surface area (Å²) in [5, 5.41) is 18.0. The SMILES string of the molecule is C=C.CC.CS(=O)(=O)N1CCCC(CNc2cc(-c3ccccc3O)nc3c(Br)cnn23)C1. The monoisotopic (exact) mass is 537 g/mol. The Morgan fingerprint density at radius 1 is 1.27 bits per heavy atom. The Bertz CT molecular complexity index is 1170. The molecular weight excluding hydrogens is 506 g/mol. The second kappa shape index (κ2) is 12.2. The van der Waals surface area contributed by atoms with Gasteiger partial charge in [-0.1, -0.05) is 26.0 Å². The highest BCUT2D eigenvalue weighted by Gasteiger charge is 2.26. The molecule has 33 heavy (non-hydrogen) atoms. The quantitative estimate of drug-likeness (QED) is 0.454. The van der Waals surface area contributed by atoms with Crippen LogP contribution in [-0.2, 0) is 10.0 Å². The first-order valence-corrected chi connectivity index (χ1v) is 13.5. The fourth-order valence-electron chi connectivity index (χ4n) is 3.63. The lowest BCUT2D eigenvalue weighted by Gasteiger charge is -2.31. The third-order valence-electron chi connectivity index (χ3n) is 5.13. The molecule has 3 aromatic rings. The number of benzene rings is 1. The van der Waals surface area contributed by atoms with Gasteiger partial charge in [0.25, 0.3) is 0 Å². The van der Waals surface area contributed by atoms with Crippen LogP contribution in [0, 0.1) is 5.92 Å². The van der Waals surface area contributed by atoms with Crippen molar-refractivity contribution < 1.29 is 13.5 Å². The smallest absolute Gasteiger partial charge is 0.211 e. The number of phenols is 1. The molecule has 8 nitrogen and oxygen atoms in total. The molecule has 0 aliphatic carbocycles. The predicted octanol–water partition coefficient (Wildman–Crippen LogP) is 4.78. The van der Waals surface area contributed by atoms with Crippen molar-refractivity contribution in [1.29, 1.82) is 0 Å². The number of piperidine rings is 1. The molecule has 0 radical (unpaired) electrons. The second-order valence-electron chi connectivity index (χ2n) is 7.28. The van der Waals surface area contributed by atoms with E-state index in [1.807, 2.05) is 32.0 Å². The Morgan fingerprint density at radius 2 is 1.97 bits per heavy atom. The lowest BCUT2D eigenvalue weighted by atomic mass is 10.00. The minimum absolute atomic E-state index is 0.155. The summed E-state index contributed by atoms with van der Waals surface area (Å²) in [6, 6.07) is 8.90. The molecule has 4 rings (SSSR count). The number of aromatic nitrogens is 3. The van der Waals surface area contributed by atoms with E-state index in [1.165, 1.54) is 6.26 Å². The van der Waals surface area contributed by atoms with Gasteiger partial charge >= 0.3 is 0 Å². The largest absolute Gasteiger partial charge is 0.507 e. The number of hydrogen-bond acceptors (Lipinski definition) is 6. The molecule has 1 aliphatic heterocycles. The first kappa shape index (κ1) is 26.8. The van der Waals surface area contributed by atoms with E-state index in [-0.39, 0.29) is 11.7 Å². The van der Waals surface area contributed by atoms with Crippen LogP contribution in [0.15, 0.2) is 54.2 Å². The van der Waals surface area contributed by atoms with Crippen molar-refractivity contribution in [3.63, 3.8) is 0 Å². The van der Waals surface area contributed by atoms with Crippen LogP contribution in [0.4, 0.5) is 5.82 Å². The van der Waals surface area contributed by atoms with Crippen molar-refractivity contribution >= 4 is 37.4 Å². The molecule has 1 saturated heterocycles. The van der Waals surface area contributed by atoms with Crippen LogP contribution in [0.3, 0.4) is 0 Å². The van der Waals surface area contributed by atoms with Gasteiger partial charge in [0.1, 0.15) is 11.6 Å². The van der Waals surface area contributed by atoms with E-state index in [2.05, 4.69) is 44.5 Å². The van der Waals surface area contributed by atoms with Gasteiger partial charge in [-0.15, -0.1) is 13.2 Å². The molecule has 10 heteroatoms. The molecule has 0 spiro atoms. The van der Waals surface area contributed by atoms with Crippen LogP contribution >= 0.6 is 15.9 Å². The molecule has 1 unspecified atom stereocenters. The summed E-state index contributed by atoms with van der Waals surface area (Å²) in [5.41, 5.74) is 1.89. The van der Waals surface area contributed by atoms with Crippen LogP contribution in [0.25, 0.3) is 16.9 Å². The molecule has 1 fully saturated rings. The molecule has 180 valence electrons. The molecular formula is C23H32BrN5O3S. The summed E-state index contributed by atoms with van der Waals surface area (Å²) in [6.45, 7) is 11.7. The van der Waals surface area contributed by atoms with Gasteiger partial charge in [-0.3, -0.25) is 0 Å². The van der Waals surface area contributed by atoms with Crippen LogP contribution < -0.4 is 5.32 Å². The zero-order valence-corrected chi connectivity index (χ0v) is 21.7. The molecule has 0 saturated carbocycles. The topological polar surface area (TPSA) is 99.8 Å². The van der Waals surface area contributed by atoms with Gasteiger partial charge in [-0.05, 0) is 46.8 Å². The summed E-state index contributed by atoms with van der Waals surface area (Å²) >= 11 is 3.47. The van der Waals surface area contributed by atoms with E-state index in [0.717, 1.165) is 23.1 Å². The average molecular weight is 539 g/mol. The van der Waals surface area contributed by atoms with Crippen molar-refractivity contribution in [2.45, 2.75) is 26.7 Å². The van der Waals surface area contributed by atoms with Crippen molar-refractivity contribution in [1.82, 2.24) is 18.9 Å². The highest BCUT2D eigenvalue weighted by atomic mass is 79.9. The molecule has 3 heterocycles. The lowest BCUT2D eigenvalue weighted by Crippen LogP contribution is -2.41. The van der Waals surface area contributed by atoms with E-state index >= 15 is 0 Å². The second-order valence-corrected chi connectivity index (χ2v) is 10.1. The summed E-state index contributed by atoms with van der Waals surface area (Å²) in [5.74, 6) is 1.09. The summed E-state index contributed by atoms with van der Waals surface area (Å²) in [7, 11) is -3.18. The van der Waals surface area contributed by atoms with Gasteiger partial charge in [0.15, 0.2) is 5.65 Å². The van der Waals surface area contributed by atoms with Crippen molar-refractivity contribution in [2.24, 2.45) is 5.92 Å². The Labute approximate surface area is 204 Å². The number of rotatable bonds is 5. The average Bonchev–Trinajstić information content (AvgIpc) is 3.21.